The summed E-state index contributed by atoms with van der Waals surface area (Å²) < 4.78 is 0. The van der Waals surface area contributed by atoms with Crippen LogP contribution in [-0.4, -0.2) is 48.9 Å². The zero-order valence-electron chi connectivity index (χ0n) is 15.5. The molecule has 0 aliphatic carbocycles. The summed E-state index contributed by atoms with van der Waals surface area (Å²) in [4.78, 5) is 29.2. The van der Waals surface area contributed by atoms with Crippen LogP contribution in [0.1, 0.15) is 37.3 Å². The topological polar surface area (TPSA) is 52.7 Å². The third-order valence-electron chi connectivity index (χ3n) is 5.70. The molecule has 1 aromatic carbocycles. The first-order valence-electron chi connectivity index (χ1n) is 9.35. The summed E-state index contributed by atoms with van der Waals surface area (Å²) in [5.74, 6) is -0.202. The quantitative estimate of drug-likeness (QED) is 0.892. The zero-order chi connectivity index (χ0) is 18.0. The van der Waals surface area contributed by atoms with Crippen molar-refractivity contribution in [1.82, 2.24) is 10.2 Å². The zero-order valence-corrected chi connectivity index (χ0v) is 15.5. The number of carbonyl (C=O) groups is 2. The van der Waals surface area contributed by atoms with Gasteiger partial charge in [0.05, 0.1) is 5.92 Å². The first-order valence-corrected chi connectivity index (χ1v) is 9.35. The van der Waals surface area contributed by atoms with Crippen LogP contribution in [0.15, 0.2) is 18.2 Å². The summed E-state index contributed by atoms with van der Waals surface area (Å²) in [7, 11) is 0. The van der Waals surface area contributed by atoms with E-state index < -0.39 is 0 Å². The van der Waals surface area contributed by atoms with Crippen LogP contribution in [0.4, 0.5) is 5.69 Å². The molecule has 25 heavy (non-hydrogen) atoms. The second-order valence-corrected chi connectivity index (χ2v) is 7.46. The third-order valence-corrected chi connectivity index (χ3v) is 5.70. The van der Waals surface area contributed by atoms with Gasteiger partial charge in [-0.1, -0.05) is 12.1 Å². The SMILES string of the molecule is Cc1cccc(N2C[C@@H](C(=O)NC[C@@H](C)N3CCCC3)CC2=O)c1C. The number of benzene rings is 1. The molecule has 0 saturated carbocycles. The number of anilines is 1. The van der Waals surface area contributed by atoms with Gasteiger partial charge in [0, 0.05) is 31.2 Å². The minimum atomic E-state index is -0.252. The Morgan fingerprint density at radius 2 is 2.00 bits per heavy atom. The summed E-state index contributed by atoms with van der Waals surface area (Å²) in [6.45, 7) is 9.62. The Morgan fingerprint density at radius 3 is 2.72 bits per heavy atom. The number of carbonyl (C=O) groups excluding carboxylic acids is 2. The summed E-state index contributed by atoms with van der Waals surface area (Å²) >= 11 is 0. The van der Waals surface area contributed by atoms with E-state index in [9.17, 15) is 9.59 Å². The average Bonchev–Trinajstić information content (AvgIpc) is 3.25. The van der Waals surface area contributed by atoms with Crippen LogP contribution >= 0.6 is 0 Å². The lowest BCUT2D eigenvalue weighted by molar-refractivity contribution is -0.126. The predicted molar refractivity (Wildman–Crippen MR) is 99.7 cm³/mol. The van der Waals surface area contributed by atoms with Gasteiger partial charge in [0.2, 0.25) is 11.8 Å². The van der Waals surface area contributed by atoms with Crippen molar-refractivity contribution >= 4 is 17.5 Å². The Morgan fingerprint density at radius 1 is 1.28 bits per heavy atom. The van der Waals surface area contributed by atoms with Gasteiger partial charge in [0.15, 0.2) is 0 Å². The average molecular weight is 343 g/mol. The van der Waals surface area contributed by atoms with Gasteiger partial charge in [-0.25, -0.2) is 0 Å². The molecule has 0 aromatic heterocycles. The fourth-order valence-electron chi connectivity index (χ4n) is 3.85. The highest BCUT2D eigenvalue weighted by molar-refractivity contribution is 6.00. The second kappa shape index (κ2) is 7.56. The molecule has 2 atom stereocenters. The summed E-state index contributed by atoms with van der Waals surface area (Å²) in [5, 5.41) is 3.06. The number of hydrogen-bond donors (Lipinski definition) is 1. The number of nitrogens with one attached hydrogen (secondary N) is 1. The van der Waals surface area contributed by atoms with Gasteiger partial charge in [-0.05, 0) is 63.9 Å². The van der Waals surface area contributed by atoms with E-state index in [0.29, 0.717) is 25.6 Å². The Balaban J connectivity index is 1.58. The van der Waals surface area contributed by atoms with Crippen molar-refractivity contribution < 1.29 is 9.59 Å². The minimum Gasteiger partial charge on any atom is -0.354 e. The second-order valence-electron chi connectivity index (χ2n) is 7.46. The van der Waals surface area contributed by atoms with E-state index in [1.807, 2.05) is 32.0 Å². The molecule has 0 spiro atoms. The van der Waals surface area contributed by atoms with Gasteiger partial charge in [-0.3, -0.25) is 14.5 Å². The van der Waals surface area contributed by atoms with Crippen molar-refractivity contribution in [3.63, 3.8) is 0 Å². The van der Waals surface area contributed by atoms with Crippen LogP contribution in [0.2, 0.25) is 0 Å². The Hall–Kier alpha value is -1.88. The molecule has 0 bridgehead atoms. The summed E-state index contributed by atoms with van der Waals surface area (Å²) in [6, 6.07) is 6.34. The van der Waals surface area contributed by atoms with Crippen molar-refractivity contribution in [2.45, 2.75) is 46.1 Å². The van der Waals surface area contributed by atoms with Crippen molar-refractivity contribution in [3.8, 4) is 0 Å². The molecular weight excluding hydrogens is 314 g/mol. The molecule has 2 saturated heterocycles. The summed E-state index contributed by atoms with van der Waals surface area (Å²) in [5.41, 5.74) is 3.21. The number of likely N-dealkylation sites (tertiary alicyclic amines) is 1. The highest BCUT2D eigenvalue weighted by Crippen LogP contribution is 2.29. The van der Waals surface area contributed by atoms with Crippen LogP contribution in [0.3, 0.4) is 0 Å². The maximum absolute atomic E-state index is 12.5. The monoisotopic (exact) mass is 343 g/mol. The molecule has 0 radical (unpaired) electrons. The smallest absolute Gasteiger partial charge is 0.227 e. The van der Waals surface area contributed by atoms with Crippen LogP contribution in [0.25, 0.3) is 0 Å². The molecule has 3 rings (SSSR count). The van der Waals surface area contributed by atoms with Gasteiger partial charge in [-0.2, -0.15) is 0 Å². The van der Waals surface area contributed by atoms with Crippen molar-refractivity contribution in [1.29, 1.82) is 0 Å². The lowest BCUT2D eigenvalue weighted by atomic mass is 10.1. The van der Waals surface area contributed by atoms with Crippen molar-refractivity contribution in [2.24, 2.45) is 5.92 Å². The molecule has 5 heteroatoms. The molecule has 2 heterocycles. The van der Waals surface area contributed by atoms with Gasteiger partial charge in [0.1, 0.15) is 0 Å². The normalized spacial score (nSPS) is 22.4. The Labute approximate surface area is 150 Å². The predicted octanol–water partition coefficient (Wildman–Crippen LogP) is 2.26. The Kier molecular flexibility index (Phi) is 5.42. The van der Waals surface area contributed by atoms with Crippen LogP contribution in [-0.2, 0) is 9.59 Å². The van der Waals surface area contributed by atoms with E-state index in [1.54, 1.807) is 4.90 Å². The van der Waals surface area contributed by atoms with E-state index in [4.69, 9.17) is 0 Å². The van der Waals surface area contributed by atoms with E-state index in [0.717, 1.165) is 29.9 Å². The molecule has 2 amide bonds. The maximum Gasteiger partial charge on any atom is 0.227 e. The number of hydrogen-bond acceptors (Lipinski definition) is 3. The molecule has 1 N–H and O–H groups in total. The molecule has 2 aliphatic rings. The van der Waals surface area contributed by atoms with Crippen LogP contribution in [0.5, 0.6) is 0 Å². The summed E-state index contributed by atoms with van der Waals surface area (Å²) in [6.07, 6.45) is 2.80. The van der Waals surface area contributed by atoms with Gasteiger partial charge >= 0.3 is 0 Å². The maximum atomic E-state index is 12.5. The highest BCUT2D eigenvalue weighted by Gasteiger charge is 2.35. The van der Waals surface area contributed by atoms with Crippen molar-refractivity contribution in [2.75, 3.05) is 31.1 Å². The highest BCUT2D eigenvalue weighted by atomic mass is 16.2. The fraction of sp³-hybridized carbons (Fsp3) is 0.600. The van der Waals surface area contributed by atoms with E-state index in [1.165, 1.54) is 12.8 Å². The van der Waals surface area contributed by atoms with Crippen LogP contribution in [0, 0.1) is 19.8 Å². The largest absolute Gasteiger partial charge is 0.354 e. The minimum absolute atomic E-state index is 0.00667. The van der Waals surface area contributed by atoms with E-state index in [-0.39, 0.29) is 17.7 Å². The Bertz CT molecular complexity index is 652. The van der Waals surface area contributed by atoms with Gasteiger partial charge in [0.25, 0.3) is 0 Å². The standard InChI is InChI=1S/C20H29N3O2/c1-14-7-6-8-18(16(14)3)23-13-17(11-19(23)24)20(25)21-12-15(2)22-9-4-5-10-22/h6-8,15,17H,4-5,9-13H2,1-3H3,(H,21,25)/t15-,17+/m1/s1. The molecule has 2 fully saturated rings. The first-order chi connectivity index (χ1) is 12.0. The van der Waals surface area contributed by atoms with Crippen molar-refractivity contribution in [3.05, 3.63) is 29.3 Å². The number of aryl methyl sites for hydroxylation is 1. The molecule has 1 aromatic rings. The molecule has 5 nitrogen and oxygen atoms in total. The number of amides is 2. The number of nitrogens with zero attached hydrogens (tertiary/aromatic N) is 2. The molecule has 136 valence electrons. The van der Waals surface area contributed by atoms with E-state index >= 15 is 0 Å². The number of rotatable bonds is 5. The molecule has 0 unspecified atom stereocenters. The lowest BCUT2D eigenvalue weighted by Gasteiger charge is -2.24. The first kappa shape index (κ1) is 17.9. The fourth-order valence-corrected chi connectivity index (χ4v) is 3.85. The molecular formula is C20H29N3O2. The van der Waals surface area contributed by atoms with Crippen LogP contribution < -0.4 is 10.2 Å². The third kappa shape index (κ3) is 3.87. The van der Waals surface area contributed by atoms with E-state index in [2.05, 4.69) is 17.1 Å². The van der Waals surface area contributed by atoms with Gasteiger partial charge < -0.3 is 10.2 Å². The molecule has 2 aliphatic heterocycles. The lowest BCUT2D eigenvalue weighted by Crippen LogP contribution is -2.43. The van der Waals surface area contributed by atoms with Gasteiger partial charge in [-0.15, -0.1) is 0 Å².